The number of aliphatic hydroxyl groups is 1. The van der Waals surface area contributed by atoms with E-state index in [0.29, 0.717) is 11.4 Å². The summed E-state index contributed by atoms with van der Waals surface area (Å²) in [4.78, 5) is 0.643. The fourth-order valence-corrected chi connectivity index (χ4v) is 1.91. The maximum Gasteiger partial charge on any atom is 0.0431 e. The molecule has 1 nitrogen and oxygen atoms in total. The summed E-state index contributed by atoms with van der Waals surface area (Å²) in [7, 11) is 0. The highest BCUT2D eigenvalue weighted by atomic mass is 79.9. The number of rotatable bonds is 9. The van der Waals surface area contributed by atoms with Crippen LogP contribution in [0.15, 0.2) is 0 Å². The molecule has 1 N–H and O–H groups in total. The van der Waals surface area contributed by atoms with Crippen molar-refractivity contribution in [2.75, 3.05) is 11.9 Å². The Bertz CT molecular complexity index is 98.9. The number of aliphatic hydroxyl groups excluding tert-OH is 1. The van der Waals surface area contributed by atoms with E-state index in [2.05, 4.69) is 31.9 Å². The molecule has 0 bridgehead atoms. The Kier molecular flexibility index (Phi) is 11.8. The topological polar surface area (TPSA) is 20.2 Å². The Morgan fingerprint density at radius 2 is 1.46 bits per heavy atom. The van der Waals surface area contributed by atoms with Gasteiger partial charge in [0, 0.05) is 16.8 Å². The summed E-state index contributed by atoms with van der Waals surface area (Å²) < 4.78 is 0. The number of hydrogen-bond donors (Lipinski definition) is 1. The van der Waals surface area contributed by atoms with Crippen LogP contribution in [0, 0.1) is 0 Å². The molecule has 0 aliphatic carbocycles. The molecule has 0 unspecified atom stereocenters. The molecule has 0 heterocycles. The van der Waals surface area contributed by atoms with E-state index >= 15 is 0 Å². The molecular formula is C10H20Br2O. The van der Waals surface area contributed by atoms with E-state index in [9.17, 15) is 0 Å². The van der Waals surface area contributed by atoms with Crippen LogP contribution >= 0.6 is 31.9 Å². The van der Waals surface area contributed by atoms with E-state index < -0.39 is 0 Å². The third kappa shape index (κ3) is 10.8. The lowest BCUT2D eigenvalue weighted by Crippen LogP contribution is -1.97. The number of hydrogen-bond acceptors (Lipinski definition) is 1. The van der Waals surface area contributed by atoms with Gasteiger partial charge in [-0.1, -0.05) is 64.0 Å². The molecule has 0 aromatic rings. The van der Waals surface area contributed by atoms with Crippen LogP contribution in [0.2, 0.25) is 0 Å². The molecule has 0 aliphatic heterocycles. The molecule has 0 rings (SSSR count). The van der Waals surface area contributed by atoms with Crippen LogP contribution in [0.5, 0.6) is 0 Å². The zero-order valence-corrected chi connectivity index (χ0v) is 11.3. The lowest BCUT2D eigenvalue weighted by atomic mass is 10.1. The highest BCUT2D eigenvalue weighted by molar-refractivity contribution is 9.12. The average molecular weight is 316 g/mol. The Labute approximate surface area is 98.6 Å². The van der Waals surface area contributed by atoms with Gasteiger partial charge < -0.3 is 5.11 Å². The smallest absolute Gasteiger partial charge is 0.0431 e. The molecule has 0 amide bonds. The fourth-order valence-electron chi connectivity index (χ4n) is 1.26. The van der Waals surface area contributed by atoms with Crippen LogP contribution in [0.1, 0.15) is 44.9 Å². The van der Waals surface area contributed by atoms with Gasteiger partial charge >= 0.3 is 0 Å². The summed E-state index contributed by atoms with van der Waals surface area (Å²) >= 11 is 7.03. The molecule has 80 valence electrons. The van der Waals surface area contributed by atoms with E-state index in [1.807, 2.05) is 0 Å². The monoisotopic (exact) mass is 314 g/mol. The first-order valence-electron chi connectivity index (χ1n) is 5.12. The molecule has 13 heavy (non-hydrogen) atoms. The normalized spacial score (nSPS) is 13.2. The maximum atomic E-state index is 8.56. The van der Waals surface area contributed by atoms with Crippen LogP contribution < -0.4 is 0 Å². The highest BCUT2D eigenvalue weighted by Crippen LogP contribution is 2.14. The largest absolute Gasteiger partial charge is 0.396 e. The first-order chi connectivity index (χ1) is 6.31. The van der Waals surface area contributed by atoms with Crippen LogP contribution in [0.4, 0.5) is 0 Å². The van der Waals surface area contributed by atoms with Gasteiger partial charge in [-0.2, -0.15) is 0 Å². The number of alkyl halides is 2. The van der Waals surface area contributed by atoms with Crippen LogP contribution in [-0.4, -0.2) is 21.9 Å². The summed E-state index contributed by atoms with van der Waals surface area (Å²) in [6.45, 7) is 0.354. The molecule has 1 atom stereocenters. The first-order valence-corrected chi connectivity index (χ1v) is 7.16. The van der Waals surface area contributed by atoms with Crippen LogP contribution in [0.3, 0.4) is 0 Å². The second-order valence-electron chi connectivity index (χ2n) is 3.39. The number of halogens is 2. The average Bonchev–Trinajstić information content (AvgIpc) is 2.16. The van der Waals surface area contributed by atoms with Crippen molar-refractivity contribution in [3.05, 3.63) is 0 Å². The van der Waals surface area contributed by atoms with Gasteiger partial charge in [0.15, 0.2) is 0 Å². The van der Waals surface area contributed by atoms with Crippen molar-refractivity contribution in [2.45, 2.75) is 49.8 Å². The highest BCUT2D eigenvalue weighted by Gasteiger charge is 2.00. The molecule has 0 aliphatic rings. The Morgan fingerprint density at radius 1 is 0.923 bits per heavy atom. The van der Waals surface area contributed by atoms with Crippen LogP contribution in [0.25, 0.3) is 0 Å². The lowest BCUT2D eigenvalue weighted by molar-refractivity contribution is 0.282. The van der Waals surface area contributed by atoms with E-state index in [-0.39, 0.29) is 0 Å². The minimum Gasteiger partial charge on any atom is -0.396 e. The zero-order valence-electron chi connectivity index (χ0n) is 8.14. The van der Waals surface area contributed by atoms with E-state index in [4.69, 9.17) is 5.11 Å². The molecule has 0 saturated carbocycles. The minimum absolute atomic E-state index is 0.354. The van der Waals surface area contributed by atoms with Crippen molar-refractivity contribution >= 4 is 31.9 Å². The summed E-state index contributed by atoms with van der Waals surface area (Å²) in [5, 5.41) is 9.62. The molecule has 3 heteroatoms. The van der Waals surface area contributed by atoms with Gasteiger partial charge in [0.05, 0.1) is 0 Å². The predicted octanol–water partition coefficient (Wildman–Crippen LogP) is 3.87. The summed E-state index contributed by atoms with van der Waals surface area (Å²) in [6, 6.07) is 0. The third-order valence-corrected chi connectivity index (χ3v) is 4.52. The van der Waals surface area contributed by atoms with Gasteiger partial charge in [-0.25, -0.2) is 0 Å². The Hall–Kier alpha value is 0.920. The van der Waals surface area contributed by atoms with Crippen molar-refractivity contribution in [2.24, 2.45) is 0 Å². The standard InChI is InChI=1S/C10H20Br2O/c11-9-10(12)7-5-3-1-2-4-6-8-13/h10,13H,1-9H2/t10-/m0/s1. The molecule has 0 fully saturated rings. The van der Waals surface area contributed by atoms with Crippen molar-refractivity contribution in [3.63, 3.8) is 0 Å². The molecule has 0 spiro atoms. The van der Waals surface area contributed by atoms with Gasteiger partial charge in [-0.05, 0) is 12.8 Å². The van der Waals surface area contributed by atoms with Gasteiger partial charge in [0.2, 0.25) is 0 Å². The Morgan fingerprint density at radius 3 is 2.00 bits per heavy atom. The summed E-state index contributed by atoms with van der Waals surface area (Å²) in [6.07, 6.45) is 8.69. The van der Waals surface area contributed by atoms with Gasteiger partial charge in [0.1, 0.15) is 0 Å². The van der Waals surface area contributed by atoms with E-state index in [1.54, 1.807) is 0 Å². The summed E-state index contributed by atoms with van der Waals surface area (Å²) in [5.41, 5.74) is 0. The first kappa shape index (κ1) is 13.9. The predicted molar refractivity (Wildman–Crippen MR) is 65.9 cm³/mol. The lowest BCUT2D eigenvalue weighted by Gasteiger charge is -2.04. The summed E-state index contributed by atoms with van der Waals surface area (Å²) in [5.74, 6) is 0. The van der Waals surface area contributed by atoms with Crippen molar-refractivity contribution in [3.8, 4) is 0 Å². The van der Waals surface area contributed by atoms with Gasteiger partial charge in [-0.15, -0.1) is 0 Å². The second-order valence-corrected chi connectivity index (χ2v) is 5.33. The quantitative estimate of drug-likeness (QED) is 0.506. The third-order valence-electron chi connectivity index (χ3n) is 2.09. The second kappa shape index (κ2) is 11.0. The van der Waals surface area contributed by atoms with Crippen molar-refractivity contribution < 1.29 is 5.11 Å². The van der Waals surface area contributed by atoms with Gasteiger partial charge in [-0.3, -0.25) is 0 Å². The molecule has 0 aromatic carbocycles. The van der Waals surface area contributed by atoms with Gasteiger partial charge in [0.25, 0.3) is 0 Å². The van der Waals surface area contributed by atoms with E-state index in [0.717, 1.165) is 11.8 Å². The van der Waals surface area contributed by atoms with Crippen molar-refractivity contribution in [1.29, 1.82) is 0 Å². The molecular weight excluding hydrogens is 296 g/mol. The minimum atomic E-state index is 0.354. The Balaban J connectivity index is 2.91. The van der Waals surface area contributed by atoms with Crippen LogP contribution in [-0.2, 0) is 0 Å². The molecule has 0 aromatic heterocycles. The number of unbranched alkanes of at least 4 members (excludes halogenated alkanes) is 5. The van der Waals surface area contributed by atoms with E-state index in [1.165, 1.54) is 38.5 Å². The molecule has 0 radical (unpaired) electrons. The zero-order chi connectivity index (χ0) is 9.94. The molecule has 0 saturated heterocycles. The maximum absolute atomic E-state index is 8.56. The fraction of sp³-hybridized carbons (Fsp3) is 1.00. The van der Waals surface area contributed by atoms with Crippen molar-refractivity contribution in [1.82, 2.24) is 0 Å². The SMILES string of the molecule is OCCCCCCCC[C@H](Br)CBr.